The Morgan fingerprint density at radius 3 is 2.03 bits per heavy atom. The molecular formula is C24H38N2O5. The Bertz CT molecular complexity index is 733. The Morgan fingerprint density at radius 2 is 1.55 bits per heavy atom. The summed E-state index contributed by atoms with van der Waals surface area (Å²) in [5.74, 6) is -0.911. The predicted octanol–water partition coefficient (Wildman–Crippen LogP) is 3.93. The first kappa shape index (κ1) is 25.0. The number of ether oxygens (including phenoxy) is 2. The summed E-state index contributed by atoms with van der Waals surface area (Å²) in [5, 5.41) is 0. The normalized spacial score (nSPS) is 28.9. The van der Waals surface area contributed by atoms with Crippen LogP contribution in [0.2, 0.25) is 0 Å². The molecule has 2 aliphatic rings. The van der Waals surface area contributed by atoms with E-state index in [-0.39, 0.29) is 23.8 Å². The molecule has 7 nitrogen and oxygen atoms in total. The van der Waals surface area contributed by atoms with Gasteiger partial charge in [0.05, 0.1) is 6.04 Å². The number of hydrogen-bond acceptors (Lipinski definition) is 5. The van der Waals surface area contributed by atoms with Crippen LogP contribution < -0.4 is 0 Å². The van der Waals surface area contributed by atoms with Crippen molar-refractivity contribution in [3.8, 4) is 0 Å². The van der Waals surface area contributed by atoms with Gasteiger partial charge in [0, 0.05) is 12.5 Å². The van der Waals surface area contributed by atoms with E-state index in [0.29, 0.717) is 19.4 Å². The Balaban J connectivity index is 2.39. The lowest BCUT2D eigenvalue weighted by Crippen LogP contribution is -2.56. The van der Waals surface area contributed by atoms with Crippen LogP contribution in [0.3, 0.4) is 0 Å². The number of carbonyl (C=O) groups excluding carboxylic acids is 3. The highest BCUT2D eigenvalue weighted by Crippen LogP contribution is 2.36. The summed E-state index contributed by atoms with van der Waals surface area (Å²) in [5.41, 5.74) is -1.34. The van der Waals surface area contributed by atoms with E-state index >= 15 is 0 Å². The third-order valence-corrected chi connectivity index (χ3v) is 5.64. The molecule has 0 aromatic heterocycles. The van der Waals surface area contributed by atoms with Crippen LogP contribution in [0.1, 0.15) is 61.3 Å². The van der Waals surface area contributed by atoms with E-state index < -0.39 is 35.3 Å². The van der Waals surface area contributed by atoms with Gasteiger partial charge in [0.15, 0.2) is 0 Å². The standard InChI is InChI=1S/C24H38N2O5/c1-10-16-12-13-25(22(29)31-24(7,8)9)19(16)20(27)26-17(11-2)15(3)14-18(26)21(28)30-23(4,5)6/h10-11,15-19H,1-2,12-14H2,3-9H3/t15-,16+,17+,18+,19+/m1/s1. The molecule has 2 saturated heterocycles. The van der Waals surface area contributed by atoms with Crippen molar-refractivity contribution in [3.05, 3.63) is 25.3 Å². The van der Waals surface area contributed by atoms with E-state index in [2.05, 4.69) is 13.2 Å². The largest absolute Gasteiger partial charge is 0.458 e. The zero-order valence-corrected chi connectivity index (χ0v) is 20.0. The second-order valence-electron chi connectivity index (χ2n) is 10.5. The van der Waals surface area contributed by atoms with E-state index in [1.54, 1.807) is 58.6 Å². The fourth-order valence-electron chi connectivity index (χ4n) is 4.37. The number of carbonyl (C=O) groups is 3. The molecule has 0 spiro atoms. The van der Waals surface area contributed by atoms with Crippen LogP contribution in [0.15, 0.2) is 25.3 Å². The van der Waals surface area contributed by atoms with Gasteiger partial charge in [-0.3, -0.25) is 9.69 Å². The molecule has 31 heavy (non-hydrogen) atoms. The zero-order chi connectivity index (χ0) is 23.7. The number of esters is 1. The van der Waals surface area contributed by atoms with Gasteiger partial charge in [-0.1, -0.05) is 19.1 Å². The molecule has 5 atom stereocenters. The van der Waals surface area contributed by atoms with Crippen molar-refractivity contribution >= 4 is 18.0 Å². The molecule has 2 amide bonds. The van der Waals surface area contributed by atoms with Crippen molar-refractivity contribution in [2.24, 2.45) is 11.8 Å². The quantitative estimate of drug-likeness (QED) is 0.495. The fraction of sp³-hybridized carbons (Fsp3) is 0.708. The monoisotopic (exact) mass is 434 g/mol. The van der Waals surface area contributed by atoms with E-state index in [4.69, 9.17) is 9.47 Å². The van der Waals surface area contributed by atoms with Gasteiger partial charge >= 0.3 is 12.1 Å². The summed E-state index contributed by atoms with van der Waals surface area (Å²) in [6.45, 7) is 20.9. The molecular weight excluding hydrogens is 396 g/mol. The second kappa shape index (κ2) is 9.05. The van der Waals surface area contributed by atoms with Crippen LogP contribution in [-0.2, 0) is 19.1 Å². The van der Waals surface area contributed by atoms with Crippen molar-refractivity contribution in [2.45, 2.75) is 90.6 Å². The minimum atomic E-state index is -0.773. The molecule has 2 heterocycles. The Morgan fingerprint density at radius 1 is 0.968 bits per heavy atom. The van der Waals surface area contributed by atoms with Crippen molar-refractivity contribution < 1.29 is 23.9 Å². The van der Waals surface area contributed by atoms with Gasteiger partial charge < -0.3 is 14.4 Å². The first-order chi connectivity index (χ1) is 14.2. The number of likely N-dealkylation sites (tertiary alicyclic amines) is 2. The van der Waals surface area contributed by atoms with Gasteiger partial charge in [-0.15, -0.1) is 13.2 Å². The molecule has 0 bridgehead atoms. The Hall–Kier alpha value is -2.31. The van der Waals surface area contributed by atoms with Gasteiger partial charge in [0.2, 0.25) is 5.91 Å². The van der Waals surface area contributed by atoms with E-state index in [1.807, 2.05) is 6.92 Å². The fourth-order valence-corrected chi connectivity index (χ4v) is 4.37. The topological polar surface area (TPSA) is 76.2 Å². The minimum absolute atomic E-state index is 0.0394. The van der Waals surface area contributed by atoms with Crippen LogP contribution in [0.4, 0.5) is 4.79 Å². The van der Waals surface area contributed by atoms with Crippen LogP contribution >= 0.6 is 0 Å². The molecule has 7 heteroatoms. The van der Waals surface area contributed by atoms with Crippen molar-refractivity contribution in [3.63, 3.8) is 0 Å². The molecule has 0 aliphatic carbocycles. The minimum Gasteiger partial charge on any atom is -0.458 e. The Labute approximate surface area is 186 Å². The van der Waals surface area contributed by atoms with Gasteiger partial charge in [-0.05, 0) is 60.3 Å². The van der Waals surface area contributed by atoms with Crippen molar-refractivity contribution in [1.29, 1.82) is 0 Å². The van der Waals surface area contributed by atoms with Crippen molar-refractivity contribution in [2.75, 3.05) is 6.54 Å². The average molecular weight is 435 g/mol. The van der Waals surface area contributed by atoms with E-state index in [0.717, 1.165) is 0 Å². The van der Waals surface area contributed by atoms with Crippen LogP contribution in [0.25, 0.3) is 0 Å². The third-order valence-electron chi connectivity index (χ3n) is 5.64. The van der Waals surface area contributed by atoms with Gasteiger partial charge in [-0.2, -0.15) is 0 Å². The summed E-state index contributed by atoms with van der Waals surface area (Å²) in [4.78, 5) is 42.7. The smallest absolute Gasteiger partial charge is 0.410 e. The van der Waals surface area contributed by atoms with Gasteiger partial charge in [-0.25, -0.2) is 9.59 Å². The van der Waals surface area contributed by atoms with Gasteiger partial charge in [0.25, 0.3) is 0 Å². The predicted molar refractivity (Wildman–Crippen MR) is 119 cm³/mol. The molecule has 2 aliphatic heterocycles. The van der Waals surface area contributed by atoms with Crippen LogP contribution in [-0.4, -0.2) is 63.6 Å². The highest BCUT2D eigenvalue weighted by molar-refractivity contribution is 5.91. The molecule has 0 aromatic rings. The summed E-state index contributed by atoms with van der Waals surface area (Å²) >= 11 is 0. The molecule has 0 radical (unpaired) electrons. The first-order valence-electron chi connectivity index (χ1n) is 11.0. The number of rotatable bonds is 4. The third kappa shape index (κ3) is 5.69. The number of nitrogens with zero attached hydrogens (tertiary/aromatic N) is 2. The highest BCUT2D eigenvalue weighted by Gasteiger charge is 2.51. The van der Waals surface area contributed by atoms with Crippen LogP contribution in [0.5, 0.6) is 0 Å². The number of amides is 2. The lowest BCUT2D eigenvalue weighted by Gasteiger charge is -2.36. The number of hydrogen-bond donors (Lipinski definition) is 0. The second-order valence-corrected chi connectivity index (χ2v) is 10.5. The average Bonchev–Trinajstić information content (AvgIpc) is 3.18. The summed E-state index contributed by atoms with van der Waals surface area (Å²) in [7, 11) is 0. The summed E-state index contributed by atoms with van der Waals surface area (Å²) in [6, 6.07) is -1.82. The lowest BCUT2D eigenvalue weighted by atomic mass is 9.98. The molecule has 0 unspecified atom stereocenters. The first-order valence-corrected chi connectivity index (χ1v) is 11.0. The maximum absolute atomic E-state index is 13.9. The lowest BCUT2D eigenvalue weighted by molar-refractivity contribution is -0.164. The maximum Gasteiger partial charge on any atom is 0.410 e. The van der Waals surface area contributed by atoms with Gasteiger partial charge in [0.1, 0.15) is 23.3 Å². The highest BCUT2D eigenvalue weighted by atomic mass is 16.6. The molecule has 0 saturated carbocycles. The summed E-state index contributed by atoms with van der Waals surface area (Å²) in [6.07, 6.45) is 3.96. The molecule has 0 aromatic carbocycles. The van der Waals surface area contributed by atoms with Crippen LogP contribution in [0, 0.1) is 11.8 Å². The Kier molecular flexibility index (Phi) is 7.28. The molecule has 2 rings (SSSR count). The molecule has 174 valence electrons. The van der Waals surface area contributed by atoms with E-state index in [1.165, 1.54) is 4.90 Å². The van der Waals surface area contributed by atoms with Crippen molar-refractivity contribution in [1.82, 2.24) is 9.80 Å². The zero-order valence-electron chi connectivity index (χ0n) is 20.0. The molecule has 0 N–H and O–H groups in total. The molecule has 2 fully saturated rings. The summed E-state index contributed by atoms with van der Waals surface area (Å²) < 4.78 is 11.1. The van der Waals surface area contributed by atoms with E-state index in [9.17, 15) is 14.4 Å². The maximum atomic E-state index is 13.9. The SMILES string of the molecule is C=C[C@H]1CCN(C(=O)OC(C)(C)C)[C@@H]1C(=O)N1[C@H](C(=O)OC(C)(C)C)C[C@@H](C)[C@@H]1C=C.